The van der Waals surface area contributed by atoms with Gasteiger partial charge in [-0.15, -0.1) is 0 Å². The summed E-state index contributed by atoms with van der Waals surface area (Å²) in [5, 5.41) is 3.80. The zero-order valence-corrected chi connectivity index (χ0v) is 19.6. The molecule has 3 aromatic rings. The summed E-state index contributed by atoms with van der Waals surface area (Å²) in [6, 6.07) is 17.0. The van der Waals surface area contributed by atoms with Gasteiger partial charge in [0.05, 0.1) is 11.3 Å². The highest BCUT2D eigenvalue weighted by Crippen LogP contribution is 2.38. The number of amides is 2. The lowest BCUT2D eigenvalue weighted by molar-refractivity contribution is -0.120. The summed E-state index contributed by atoms with van der Waals surface area (Å²) in [7, 11) is 0. The smallest absolute Gasteiger partial charge is 0.282 e. The fourth-order valence-electron chi connectivity index (χ4n) is 4.07. The van der Waals surface area contributed by atoms with E-state index in [1.54, 1.807) is 18.2 Å². The summed E-state index contributed by atoms with van der Waals surface area (Å²) in [4.78, 5) is 28.6. The van der Waals surface area contributed by atoms with E-state index in [9.17, 15) is 9.59 Å². The van der Waals surface area contributed by atoms with Crippen LogP contribution in [0.25, 0.3) is 5.57 Å². The second-order valence-corrected chi connectivity index (χ2v) is 8.68. The molecule has 0 bridgehead atoms. The molecule has 0 saturated carbocycles. The molecule has 0 aliphatic carbocycles. The normalized spacial score (nSPS) is 13.9. The van der Waals surface area contributed by atoms with Crippen LogP contribution in [0, 0.1) is 34.6 Å². The topological polar surface area (TPSA) is 49.4 Å². The fraction of sp³-hybridized carbons (Fsp3) is 0.185. The van der Waals surface area contributed by atoms with Gasteiger partial charge in [-0.3, -0.25) is 9.59 Å². The molecule has 5 heteroatoms. The lowest BCUT2D eigenvalue weighted by Crippen LogP contribution is -2.33. The van der Waals surface area contributed by atoms with Gasteiger partial charge in [0.15, 0.2) is 0 Å². The van der Waals surface area contributed by atoms with Crippen LogP contribution in [0.2, 0.25) is 5.02 Å². The zero-order valence-electron chi connectivity index (χ0n) is 18.8. The van der Waals surface area contributed by atoms with E-state index < -0.39 is 5.91 Å². The highest BCUT2D eigenvalue weighted by molar-refractivity contribution is 6.46. The zero-order chi connectivity index (χ0) is 23.2. The maximum atomic E-state index is 13.7. The molecule has 0 radical (unpaired) electrons. The average Bonchev–Trinajstić information content (AvgIpc) is 2.98. The number of carbonyl (C=O) groups excluding carboxylic acids is 2. The minimum Gasteiger partial charge on any atom is -0.350 e. The number of nitrogens with one attached hydrogen (secondary N) is 1. The Labute approximate surface area is 193 Å². The van der Waals surface area contributed by atoms with Gasteiger partial charge in [-0.05, 0) is 80.6 Å². The molecule has 162 valence electrons. The lowest BCUT2D eigenvalue weighted by Gasteiger charge is -2.19. The highest BCUT2D eigenvalue weighted by atomic mass is 35.5. The number of carbonyl (C=O) groups is 2. The average molecular weight is 445 g/mol. The third kappa shape index (κ3) is 3.61. The van der Waals surface area contributed by atoms with Crippen molar-refractivity contribution in [2.75, 3.05) is 10.2 Å². The van der Waals surface area contributed by atoms with Gasteiger partial charge in [-0.1, -0.05) is 53.6 Å². The molecule has 0 atom stereocenters. The van der Waals surface area contributed by atoms with E-state index in [2.05, 4.69) is 5.32 Å². The molecule has 0 spiro atoms. The van der Waals surface area contributed by atoms with E-state index in [0.29, 0.717) is 21.8 Å². The number of imide groups is 1. The lowest BCUT2D eigenvalue weighted by atomic mass is 9.97. The molecule has 3 aromatic carbocycles. The van der Waals surface area contributed by atoms with E-state index in [4.69, 9.17) is 11.6 Å². The van der Waals surface area contributed by atoms with Crippen LogP contribution in [0.3, 0.4) is 0 Å². The monoisotopic (exact) mass is 444 g/mol. The standard InChI is InChI=1S/C27H25ClN2O2/c1-15-12-13-20(17(3)14-15)24-25(29-22-10-6-8-16(2)18(22)4)27(32)30(26(24)31)23-11-7-9-21(28)19(23)5/h6-14,29H,1-5H3. The highest BCUT2D eigenvalue weighted by Gasteiger charge is 2.41. The number of hydrogen-bond acceptors (Lipinski definition) is 3. The summed E-state index contributed by atoms with van der Waals surface area (Å²) < 4.78 is 0. The summed E-state index contributed by atoms with van der Waals surface area (Å²) >= 11 is 6.31. The van der Waals surface area contributed by atoms with Crippen LogP contribution in [0.4, 0.5) is 11.4 Å². The Kier molecular flexibility index (Phi) is 5.66. The van der Waals surface area contributed by atoms with Gasteiger partial charge in [0.25, 0.3) is 11.8 Å². The van der Waals surface area contributed by atoms with Crippen molar-refractivity contribution in [3.63, 3.8) is 0 Å². The van der Waals surface area contributed by atoms with E-state index >= 15 is 0 Å². The molecular formula is C27H25ClN2O2. The van der Waals surface area contributed by atoms with Crippen molar-refractivity contribution >= 4 is 40.4 Å². The van der Waals surface area contributed by atoms with Crippen LogP contribution < -0.4 is 10.2 Å². The first-order chi connectivity index (χ1) is 15.2. The molecule has 4 rings (SSSR count). The van der Waals surface area contributed by atoms with Gasteiger partial charge in [0.1, 0.15) is 5.70 Å². The molecule has 4 nitrogen and oxygen atoms in total. The SMILES string of the molecule is Cc1ccc(C2=C(Nc3cccc(C)c3C)C(=O)N(c3cccc(Cl)c3C)C2=O)c(C)c1. The third-order valence-corrected chi connectivity index (χ3v) is 6.49. The Morgan fingerprint density at radius 2 is 1.50 bits per heavy atom. The number of halogens is 1. The van der Waals surface area contributed by atoms with E-state index in [1.165, 1.54) is 4.90 Å². The second kappa shape index (κ2) is 8.29. The summed E-state index contributed by atoms with van der Waals surface area (Å²) in [5.74, 6) is -0.753. The van der Waals surface area contributed by atoms with E-state index in [0.717, 1.165) is 33.5 Å². The molecule has 32 heavy (non-hydrogen) atoms. The van der Waals surface area contributed by atoms with Crippen LogP contribution >= 0.6 is 11.6 Å². The molecule has 0 unspecified atom stereocenters. The van der Waals surface area contributed by atoms with Crippen LogP contribution in [0.5, 0.6) is 0 Å². The van der Waals surface area contributed by atoms with Crippen molar-refractivity contribution in [2.24, 2.45) is 0 Å². The van der Waals surface area contributed by atoms with Gasteiger partial charge in [0.2, 0.25) is 0 Å². The summed E-state index contributed by atoms with van der Waals surface area (Å²) in [6.07, 6.45) is 0. The molecule has 1 aliphatic rings. The number of anilines is 2. The first-order valence-corrected chi connectivity index (χ1v) is 10.9. The van der Waals surface area contributed by atoms with Crippen molar-refractivity contribution in [3.05, 3.63) is 98.7 Å². The van der Waals surface area contributed by atoms with Crippen LogP contribution in [-0.2, 0) is 9.59 Å². The molecular weight excluding hydrogens is 420 g/mol. The van der Waals surface area contributed by atoms with Gasteiger partial charge in [0, 0.05) is 10.7 Å². The molecule has 1 aliphatic heterocycles. The van der Waals surface area contributed by atoms with E-state index in [1.807, 2.05) is 71.0 Å². The number of aryl methyl sites for hydroxylation is 3. The van der Waals surface area contributed by atoms with E-state index in [-0.39, 0.29) is 11.6 Å². The number of nitrogens with zero attached hydrogens (tertiary/aromatic N) is 1. The molecule has 0 aromatic heterocycles. The van der Waals surface area contributed by atoms with Crippen LogP contribution in [-0.4, -0.2) is 11.8 Å². The molecule has 1 heterocycles. The summed E-state index contributed by atoms with van der Waals surface area (Å²) in [6.45, 7) is 9.78. The molecule has 2 amide bonds. The fourth-order valence-corrected chi connectivity index (χ4v) is 4.24. The predicted molar refractivity (Wildman–Crippen MR) is 131 cm³/mol. The van der Waals surface area contributed by atoms with Crippen LogP contribution in [0.1, 0.15) is 33.4 Å². The Morgan fingerprint density at radius 3 is 2.22 bits per heavy atom. The first kappa shape index (κ1) is 21.8. The molecule has 0 saturated heterocycles. The predicted octanol–water partition coefficient (Wildman–Crippen LogP) is 6.28. The Balaban J connectivity index is 1.92. The van der Waals surface area contributed by atoms with Gasteiger partial charge in [-0.2, -0.15) is 0 Å². The number of benzene rings is 3. The van der Waals surface area contributed by atoms with Crippen molar-refractivity contribution in [2.45, 2.75) is 34.6 Å². The van der Waals surface area contributed by atoms with Crippen molar-refractivity contribution in [1.82, 2.24) is 0 Å². The van der Waals surface area contributed by atoms with Crippen molar-refractivity contribution < 1.29 is 9.59 Å². The maximum absolute atomic E-state index is 13.7. The third-order valence-electron chi connectivity index (χ3n) is 6.08. The maximum Gasteiger partial charge on any atom is 0.282 e. The van der Waals surface area contributed by atoms with Gasteiger partial charge >= 0.3 is 0 Å². The van der Waals surface area contributed by atoms with Gasteiger partial charge < -0.3 is 5.32 Å². The number of rotatable bonds is 4. The minimum absolute atomic E-state index is 0.273. The first-order valence-electron chi connectivity index (χ1n) is 10.5. The number of hydrogen-bond donors (Lipinski definition) is 1. The molecule has 1 N–H and O–H groups in total. The van der Waals surface area contributed by atoms with Crippen molar-refractivity contribution in [1.29, 1.82) is 0 Å². The minimum atomic E-state index is -0.392. The van der Waals surface area contributed by atoms with Crippen LogP contribution in [0.15, 0.2) is 60.3 Å². The van der Waals surface area contributed by atoms with Crippen molar-refractivity contribution in [3.8, 4) is 0 Å². The largest absolute Gasteiger partial charge is 0.350 e. The summed E-state index contributed by atoms with van der Waals surface area (Å²) in [5.41, 5.74) is 7.51. The molecule has 0 fully saturated rings. The Bertz CT molecular complexity index is 1310. The quantitative estimate of drug-likeness (QED) is 0.482. The second-order valence-electron chi connectivity index (χ2n) is 8.27. The Hall–Kier alpha value is -3.37. The van der Waals surface area contributed by atoms with Gasteiger partial charge in [-0.25, -0.2) is 4.90 Å². The Morgan fingerprint density at radius 1 is 0.781 bits per heavy atom.